The zero-order valence-electron chi connectivity index (χ0n) is 15.4. The Morgan fingerprint density at radius 3 is 2.54 bits per heavy atom. The van der Waals surface area contributed by atoms with Gasteiger partial charge in [-0.25, -0.2) is 8.42 Å². The van der Waals surface area contributed by atoms with Gasteiger partial charge >= 0.3 is 0 Å². The summed E-state index contributed by atoms with van der Waals surface area (Å²) in [5.41, 5.74) is 4.99. The molecule has 1 aromatic heterocycles. The second-order valence-electron chi connectivity index (χ2n) is 7.55. The number of sulfonamides is 1. The van der Waals surface area contributed by atoms with E-state index in [9.17, 15) is 13.2 Å². The van der Waals surface area contributed by atoms with Crippen LogP contribution in [0.1, 0.15) is 56.4 Å². The van der Waals surface area contributed by atoms with Gasteiger partial charge in [0.05, 0.1) is 0 Å². The number of nitrogens with two attached hydrogens (primary N) is 1. The maximum atomic E-state index is 13.1. The van der Waals surface area contributed by atoms with Crippen molar-refractivity contribution < 1.29 is 17.7 Å². The predicted molar refractivity (Wildman–Crippen MR) is 95.8 cm³/mol. The van der Waals surface area contributed by atoms with Gasteiger partial charge in [-0.1, -0.05) is 24.4 Å². The molecule has 8 nitrogen and oxygen atoms in total. The van der Waals surface area contributed by atoms with E-state index in [1.165, 1.54) is 0 Å². The summed E-state index contributed by atoms with van der Waals surface area (Å²) >= 11 is 0. The molecule has 26 heavy (non-hydrogen) atoms. The van der Waals surface area contributed by atoms with Crippen LogP contribution in [0.15, 0.2) is 9.42 Å². The molecule has 9 heteroatoms. The van der Waals surface area contributed by atoms with E-state index < -0.39 is 15.6 Å². The number of hydrogen-bond donors (Lipinski definition) is 3. The van der Waals surface area contributed by atoms with Gasteiger partial charge in [-0.15, -0.1) is 0 Å². The third kappa shape index (κ3) is 3.52. The van der Waals surface area contributed by atoms with E-state index in [1.807, 2.05) is 0 Å². The second kappa shape index (κ2) is 7.28. The average molecular weight is 385 g/mol. The highest BCUT2D eigenvalue weighted by molar-refractivity contribution is 7.89. The van der Waals surface area contributed by atoms with Crippen molar-refractivity contribution >= 4 is 15.9 Å². The van der Waals surface area contributed by atoms with Crippen molar-refractivity contribution in [1.29, 1.82) is 0 Å². The minimum atomic E-state index is -3.91. The number of aryl methyl sites for hydroxylation is 2. The zero-order chi connectivity index (χ0) is 18.9. The minimum absolute atomic E-state index is 0.0218. The molecule has 2 aliphatic carbocycles. The van der Waals surface area contributed by atoms with Gasteiger partial charge in [-0.05, 0) is 52.0 Å². The van der Waals surface area contributed by atoms with Crippen molar-refractivity contribution in [2.75, 3.05) is 6.54 Å². The van der Waals surface area contributed by atoms with Crippen LogP contribution in [-0.4, -0.2) is 37.6 Å². The molecule has 0 radical (unpaired) electrons. The van der Waals surface area contributed by atoms with Crippen molar-refractivity contribution in [3.8, 4) is 0 Å². The van der Waals surface area contributed by atoms with Crippen LogP contribution < -0.4 is 15.8 Å². The smallest absolute Gasteiger partial charge is 0.246 e. The Hall–Kier alpha value is -1.45. The summed E-state index contributed by atoms with van der Waals surface area (Å²) in [5, 5.41) is 6.79. The highest BCUT2D eigenvalue weighted by atomic mass is 32.2. The molecule has 1 heterocycles. The first kappa shape index (κ1) is 19.3. The average Bonchev–Trinajstić information content (AvgIpc) is 3.28. The summed E-state index contributed by atoms with van der Waals surface area (Å²) in [7, 11) is -3.91. The van der Waals surface area contributed by atoms with Crippen LogP contribution in [0.3, 0.4) is 0 Å². The molecular formula is C17H28N4O4S. The van der Waals surface area contributed by atoms with Gasteiger partial charge in [-0.3, -0.25) is 4.79 Å². The fourth-order valence-electron chi connectivity index (χ4n) is 4.34. The lowest BCUT2D eigenvalue weighted by atomic mass is 9.96. The van der Waals surface area contributed by atoms with Gasteiger partial charge in [0, 0.05) is 6.04 Å². The van der Waals surface area contributed by atoms with Crippen LogP contribution in [0.25, 0.3) is 0 Å². The Bertz CT molecular complexity index is 748. The molecule has 0 aliphatic heterocycles. The van der Waals surface area contributed by atoms with Crippen LogP contribution >= 0.6 is 0 Å². The van der Waals surface area contributed by atoms with E-state index in [-0.39, 0.29) is 28.5 Å². The Kier molecular flexibility index (Phi) is 5.41. The highest BCUT2D eigenvalue weighted by Gasteiger charge is 2.46. The highest BCUT2D eigenvalue weighted by Crippen LogP contribution is 2.34. The van der Waals surface area contributed by atoms with E-state index >= 15 is 0 Å². The van der Waals surface area contributed by atoms with Crippen molar-refractivity contribution in [3.63, 3.8) is 0 Å². The van der Waals surface area contributed by atoms with Gasteiger partial charge in [0.2, 0.25) is 15.9 Å². The lowest BCUT2D eigenvalue weighted by molar-refractivity contribution is -0.127. The molecule has 0 saturated heterocycles. The van der Waals surface area contributed by atoms with Crippen molar-refractivity contribution in [2.24, 2.45) is 11.7 Å². The molecule has 4 N–H and O–H groups in total. The Morgan fingerprint density at radius 2 is 1.96 bits per heavy atom. The molecule has 3 rings (SSSR count). The van der Waals surface area contributed by atoms with Gasteiger partial charge < -0.3 is 15.6 Å². The third-order valence-electron chi connectivity index (χ3n) is 5.74. The molecular weight excluding hydrogens is 356 g/mol. The number of rotatable bonds is 6. The number of nitrogens with zero attached hydrogens (tertiary/aromatic N) is 1. The van der Waals surface area contributed by atoms with Gasteiger partial charge in [0.25, 0.3) is 0 Å². The quantitative estimate of drug-likeness (QED) is 0.674. The molecule has 2 atom stereocenters. The monoisotopic (exact) mass is 384 g/mol. The Balaban J connectivity index is 1.83. The van der Waals surface area contributed by atoms with Crippen molar-refractivity contribution in [1.82, 2.24) is 15.2 Å². The lowest BCUT2D eigenvalue weighted by Crippen LogP contribution is -2.59. The summed E-state index contributed by atoms with van der Waals surface area (Å²) < 4.78 is 33.6. The van der Waals surface area contributed by atoms with E-state index in [2.05, 4.69) is 15.2 Å². The molecule has 2 unspecified atom stereocenters. The largest absolute Gasteiger partial charge is 0.360 e. The van der Waals surface area contributed by atoms with E-state index in [1.54, 1.807) is 13.8 Å². The molecule has 2 aliphatic rings. The predicted octanol–water partition coefficient (Wildman–Crippen LogP) is 1.13. The topological polar surface area (TPSA) is 127 Å². The number of nitrogens with one attached hydrogen (secondary N) is 2. The maximum absolute atomic E-state index is 13.1. The van der Waals surface area contributed by atoms with Crippen LogP contribution in [0, 0.1) is 19.8 Å². The zero-order valence-corrected chi connectivity index (χ0v) is 16.2. The first-order valence-electron chi connectivity index (χ1n) is 9.27. The second-order valence-corrected chi connectivity index (χ2v) is 9.17. The summed E-state index contributed by atoms with van der Waals surface area (Å²) in [6.45, 7) is 3.67. The van der Waals surface area contributed by atoms with Gasteiger partial charge in [0.15, 0.2) is 5.76 Å². The fourth-order valence-corrected chi connectivity index (χ4v) is 6.09. The molecule has 0 spiro atoms. The third-order valence-corrected chi connectivity index (χ3v) is 7.52. The molecule has 1 aromatic rings. The molecule has 0 aromatic carbocycles. The van der Waals surface area contributed by atoms with E-state index in [0.717, 1.165) is 32.1 Å². The molecule has 1 amide bonds. The van der Waals surface area contributed by atoms with Crippen LogP contribution in [0.2, 0.25) is 0 Å². The maximum Gasteiger partial charge on any atom is 0.246 e. The Morgan fingerprint density at radius 1 is 1.27 bits per heavy atom. The first-order valence-corrected chi connectivity index (χ1v) is 10.8. The standard InChI is InChI=1S/C17H28N4O4S/c1-11-15(12(2)25-20-11)26(23,24)21-17(8-3-4-9-17)16(22)19-14-7-5-6-13(14)10-18/h13-14,21H,3-10,18H2,1-2H3,(H,19,22). The number of carbonyl (C=O) groups is 1. The van der Waals surface area contributed by atoms with Crippen LogP contribution in [0.5, 0.6) is 0 Å². The summed E-state index contributed by atoms with van der Waals surface area (Å²) in [6, 6.07) is 0.0218. The minimum Gasteiger partial charge on any atom is -0.360 e. The van der Waals surface area contributed by atoms with Gasteiger partial charge in [-0.2, -0.15) is 4.72 Å². The molecule has 146 valence electrons. The SMILES string of the molecule is Cc1noc(C)c1S(=O)(=O)NC1(C(=O)NC2CCCC2CN)CCCC1. The van der Waals surface area contributed by atoms with E-state index in [4.69, 9.17) is 10.3 Å². The summed E-state index contributed by atoms with van der Waals surface area (Å²) in [5.74, 6) is 0.245. The lowest BCUT2D eigenvalue weighted by Gasteiger charge is -2.31. The fraction of sp³-hybridized carbons (Fsp3) is 0.765. The number of hydrogen-bond acceptors (Lipinski definition) is 6. The van der Waals surface area contributed by atoms with Crippen molar-refractivity contribution in [2.45, 2.75) is 75.3 Å². The number of aromatic nitrogens is 1. The van der Waals surface area contributed by atoms with Crippen molar-refractivity contribution in [3.05, 3.63) is 11.5 Å². The van der Waals surface area contributed by atoms with Crippen LogP contribution in [0.4, 0.5) is 0 Å². The molecule has 2 saturated carbocycles. The van der Waals surface area contributed by atoms with E-state index in [0.29, 0.717) is 25.1 Å². The molecule has 0 bridgehead atoms. The van der Waals surface area contributed by atoms with Crippen LogP contribution in [-0.2, 0) is 14.8 Å². The Labute approximate surface area is 154 Å². The first-order chi connectivity index (χ1) is 12.3. The number of amides is 1. The molecule has 2 fully saturated rings. The van der Waals surface area contributed by atoms with Gasteiger partial charge in [0.1, 0.15) is 16.1 Å². The number of carbonyl (C=O) groups excluding carboxylic acids is 1. The summed E-state index contributed by atoms with van der Waals surface area (Å²) in [4.78, 5) is 13.1. The summed E-state index contributed by atoms with van der Waals surface area (Å²) in [6.07, 6.45) is 5.51. The normalized spacial score (nSPS) is 25.5.